The summed E-state index contributed by atoms with van der Waals surface area (Å²) in [6, 6.07) is 6.28. The van der Waals surface area contributed by atoms with Crippen LogP contribution in [0, 0.1) is 11.3 Å². The summed E-state index contributed by atoms with van der Waals surface area (Å²) >= 11 is 7.03. The maximum atomic E-state index is 11.6. The van der Waals surface area contributed by atoms with Crippen molar-refractivity contribution in [2.75, 3.05) is 39.3 Å². The Hall–Kier alpha value is -4.02. The second-order valence-corrected chi connectivity index (χ2v) is 8.19. The summed E-state index contributed by atoms with van der Waals surface area (Å²) in [6.07, 6.45) is 1.38. The molecular formula is C22H22ClN5O7S. The monoisotopic (exact) mass is 535 g/mol. The molecule has 0 saturated heterocycles. The molecule has 12 nitrogen and oxygen atoms in total. The quantitative estimate of drug-likeness (QED) is 0.146. The van der Waals surface area contributed by atoms with E-state index in [1.54, 1.807) is 17.0 Å². The number of phenolic OH excluding ortho intramolecular Hbond substituents is 1. The van der Waals surface area contributed by atoms with Crippen LogP contribution < -0.4 is 4.90 Å². The highest BCUT2D eigenvalue weighted by atomic mass is 35.5. The first-order valence-electron chi connectivity index (χ1n) is 10.2. The van der Waals surface area contributed by atoms with Crippen molar-refractivity contribution in [1.29, 1.82) is 5.26 Å². The molecule has 14 heteroatoms. The fourth-order valence-electron chi connectivity index (χ4n) is 2.73. The molecule has 0 amide bonds. The zero-order valence-electron chi connectivity index (χ0n) is 19.6. The lowest BCUT2D eigenvalue weighted by Gasteiger charge is -2.24. The Labute approximate surface area is 215 Å². The number of methoxy groups -OCH3 is 3. The number of nitriles is 1. The lowest BCUT2D eigenvalue weighted by Crippen LogP contribution is -2.29. The molecule has 0 aliphatic heterocycles. The van der Waals surface area contributed by atoms with Crippen LogP contribution in [0.1, 0.15) is 17.7 Å². The number of hydrogen-bond donors (Lipinski definition) is 1. The zero-order valence-corrected chi connectivity index (χ0v) is 21.1. The van der Waals surface area contributed by atoms with Crippen molar-refractivity contribution in [2.45, 2.75) is 12.8 Å². The minimum absolute atomic E-state index is 0.0111. The summed E-state index contributed by atoms with van der Waals surface area (Å²) in [5.74, 6) is -1.87. The van der Waals surface area contributed by atoms with E-state index in [1.165, 1.54) is 32.4 Å². The summed E-state index contributed by atoms with van der Waals surface area (Å²) in [6.45, 7) is 0.488. The Morgan fingerprint density at radius 1 is 1.14 bits per heavy atom. The Bertz CT molecular complexity index is 1200. The van der Waals surface area contributed by atoms with Crippen LogP contribution >= 0.6 is 22.9 Å². The molecule has 0 radical (unpaired) electrons. The molecule has 1 N–H and O–H groups in total. The lowest BCUT2D eigenvalue weighted by atomic mass is 10.2. The molecule has 36 heavy (non-hydrogen) atoms. The van der Waals surface area contributed by atoms with E-state index >= 15 is 0 Å². The van der Waals surface area contributed by atoms with Gasteiger partial charge in [-0.25, -0.2) is 9.78 Å². The Balaban J connectivity index is 2.23. The van der Waals surface area contributed by atoms with Crippen LogP contribution in [0.15, 0.2) is 34.0 Å². The zero-order chi connectivity index (χ0) is 26.7. The highest BCUT2D eigenvalue weighted by molar-refractivity contribution is 7.16. The highest BCUT2D eigenvalue weighted by Crippen LogP contribution is 2.35. The number of esters is 3. The van der Waals surface area contributed by atoms with Crippen molar-refractivity contribution in [1.82, 2.24) is 4.98 Å². The Morgan fingerprint density at radius 2 is 1.78 bits per heavy atom. The molecule has 1 aromatic heterocycles. The molecule has 1 aromatic carbocycles. The van der Waals surface area contributed by atoms with Gasteiger partial charge in [-0.15, -0.1) is 10.2 Å². The Morgan fingerprint density at radius 3 is 2.31 bits per heavy atom. The van der Waals surface area contributed by atoms with E-state index in [9.17, 15) is 19.5 Å². The SMILES string of the molecule is COC(=O)CCN(CCC(=O)OC)c1ccc(/N=N/c2nc(Cl)c(/C=C(\C#N)C(=O)OC)s2)c(O)c1. The molecule has 0 bridgehead atoms. The van der Waals surface area contributed by atoms with E-state index in [2.05, 4.69) is 29.4 Å². The lowest BCUT2D eigenvalue weighted by molar-refractivity contribution is -0.140. The van der Waals surface area contributed by atoms with Crippen LogP contribution in [0.4, 0.5) is 16.5 Å². The predicted octanol–water partition coefficient (Wildman–Crippen LogP) is 3.93. The highest BCUT2D eigenvalue weighted by Gasteiger charge is 2.15. The third-order valence-corrected chi connectivity index (χ3v) is 5.88. The number of ether oxygens (including phenoxy) is 3. The fourth-order valence-corrected chi connectivity index (χ4v) is 3.75. The van der Waals surface area contributed by atoms with Crippen LogP contribution in [-0.2, 0) is 28.6 Å². The van der Waals surface area contributed by atoms with Crippen molar-refractivity contribution in [3.8, 4) is 11.8 Å². The van der Waals surface area contributed by atoms with Crippen molar-refractivity contribution < 1.29 is 33.7 Å². The number of rotatable bonds is 11. The van der Waals surface area contributed by atoms with Gasteiger partial charge in [0.25, 0.3) is 0 Å². The fraction of sp³-hybridized carbons (Fsp3) is 0.318. The molecule has 0 saturated carbocycles. The minimum atomic E-state index is -0.817. The van der Waals surface area contributed by atoms with E-state index < -0.39 is 17.9 Å². The number of carbonyl (C=O) groups is 3. The number of anilines is 1. The number of hydrogen-bond acceptors (Lipinski definition) is 13. The molecule has 0 atom stereocenters. The van der Waals surface area contributed by atoms with Gasteiger partial charge in [-0.3, -0.25) is 9.59 Å². The molecule has 190 valence electrons. The average molecular weight is 536 g/mol. The van der Waals surface area contributed by atoms with E-state index in [-0.39, 0.29) is 53.2 Å². The van der Waals surface area contributed by atoms with E-state index in [0.717, 1.165) is 18.4 Å². The summed E-state index contributed by atoms with van der Waals surface area (Å²) in [4.78, 5) is 40.7. The number of carbonyl (C=O) groups excluding carboxylic acids is 3. The standard InChI is InChI=1S/C22H22ClN5O7S/c1-33-18(30)6-8-28(9-7-19(31)34-2)14-4-5-15(16(29)11-14)26-27-22-25-20(23)17(36-22)10-13(12-24)21(32)35-3/h4-5,10-11,29H,6-9H2,1-3H3/b13-10+,27-26+. The van der Waals surface area contributed by atoms with Crippen LogP contribution in [-0.4, -0.2) is 62.4 Å². The van der Waals surface area contributed by atoms with Crippen LogP contribution in [0.3, 0.4) is 0 Å². The first-order valence-corrected chi connectivity index (χ1v) is 11.4. The first kappa shape index (κ1) is 28.2. The van der Waals surface area contributed by atoms with E-state index in [0.29, 0.717) is 10.6 Å². The molecule has 0 unspecified atom stereocenters. The molecule has 0 aliphatic carbocycles. The second kappa shape index (κ2) is 13.8. The summed E-state index contributed by atoms with van der Waals surface area (Å²) < 4.78 is 13.9. The van der Waals surface area contributed by atoms with Crippen LogP contribution in [0.2, 0.25) is 5.15 Å². The molecule has 1 heterocycles. The van der Waals surface area contributed by atoms with Gasteiger partial charge in [-0.05, 0) is 18.2 Å². The van der Waals surface area contributed by atoms with Gasteiger partial charge in [0.1, 0.15) is 28.2 Å². The van der Waals surface area contributed by atoms with Crippen LogP contribution in [0.25, 0.3) is 6.08 Å². The molecule has 2 aromatic rings. The van der Waals surface area contributed by atoms with Crippen molar-refractivity contribution in [2.24, 2.45) is 10.2 Å². The largest absolute Gasteiger partial charge is 0.506 e. The normalized spacial score (nSPS) is 11.1. The van der Waals surface area contributed by atoms with Gasteiger partial charge in [-0.1, -0.05) is 22.9 Å². The van der Waals surface area contributed by atoms with Gasteiger partial charge in [-0.2, -0.15) is 5.26 Å². The number of halogens is 1. The number of aromatic nitrogens is 1. The minimum Gasteiger partial charge on any atom is -0.506 e. The average Bonchev–Trinajstić information content (AvgIpc) is 3.24. The van der Waals surface area contributed by atoms with Gasteiger partial charge in [0.15, 0.2) is 0 Å². The number of thiazole rings is 1. The number of benzene rings is 1. The predicted molar refractivity (Wildman–Crippen MR) is 130 cm³/mol. The summed E-state index contributed by atoms with van der Waals surface area (Å²) in [7, 11) is 3.71. The van der Waals surface area contributed by atoms with Crippen molar-refractivity contribution >= 4 is 63.4 Å². The van der Waals surface area contributed by atoms with E-state index in [1.807, 2.05) is 0 Å². The summed E-state index contributed by atoms with van der Waals surface area (Å²) in [5, 5.41) is 27.6. The Kier molecular flexibility index (Phi) is 10.8. The topological polar surface area (TPSA) is 164 Å². The second-order valence-electron chi connectivity index (χ2n) is 6.83. The maximum absolute atomic E-state index is 11.6. The van der Waals surface area contributed by atoms with Gasteiger partial charge in [0, 0.05) is 24.8 Å². The molecule has 0 spiro atoms. The summed E-state index contributed by atoms with van der Waals surface area (Å²) in [5.41, 5.74) is 0.398. The molecule has 0 aliphatic rings. The van der Waals surface area contributed by atoms with Crippen LogP contribution in [0.5, 0.6) is 5.75 Å². The van der Waals surface area contributed by atoms with Gasteiger partial charge in [0.2, 0.25) is 5.13 Å². The molecule has 0 fully saturated rings. The van der Waals surface area contributed by atoms with E-state index in [4.69, 9.17) is 16.9 Å². The number of aromatic hydroxyl groups is 1. The van der Waals surface area contributed by atoms with Gasteiger partial charge >= 0.3 is 17.9 Å². The molecular weight excluding hydrogens is 514 g/mol. The number of azo groups is 1. The smallest absolute Gasteiger partial charge is 0.348 e. The first-order chi connectivity index (χ1) is 17.2. The number of phenols is 1. The number of nitrogens with zero attached hydrogens (tertiary/aromatic N) is 5. The third-order valence-electron chi connectivity index (χ3n) is 4.59. The van der Waals surface area contributed by atoms with Gasteiger partial charge < -0.3 is 24.2 Å². The molecule has 2 rings (SSSR count). The van der Waals surface area contributed by atoms with Gasteiger partial charge in [0.05, 0.1) is 39.0 Å². The maximum Gasteiger partial charge on any atom is 0.348 e. The van der Waals surface area contributed by atoms with Crippen molar-refractivity contribution in [3.63, 3.8) is 0 Å². The van der Waals surface area contributed by atoms with Crippen molar-refractivity contribution in [3.05, 3.63) is 33.8 Å². The third kappa shape index (κ3) is 8.03.